The predicted octanol–water partition coefficient (Wildman–Crippen LogP) is 2.92. The standard InChI is InChI=1S/C16H15N3/c1-2-15-10-14(3-4-16(15)19-7-1)12-18-11-13-5-8-17-9-6-13/h1-10,18H,11-12H2. The lowest BCUT2D eigenvalue weighted by Gasteiger charge is -2.06. The molecule has 3 nitrogen and oxygen atoms in total. The molecule has 2 aromatic heterocycles. The molecule has 3 aromatic rings. The van der Waals surface area contributed by atoms with Crippen LogP contribution in [0.2, 0.25) is 0 Å². The van der Waals surface area contributed by atoms with E-state index < -0.39 is 0 Å². The monoisotopic (exact) mass is 249 g/mol. The molecular weight excluding hydrogens is 234 g/mol. The van der Waals surface area contributed by atoms with E-state index in [1.54, 1.807) is 0 Å². The van der Waals surface area contributed by atoms with Crippen LogP contribution in [0.25, 0.3) is 10.9 Å². The van der Waals surface area contributed by atoms with Gasteiger partial charge in [-0.05, 0) is 41.5 Å². The number of nitrogens with one attached hydrogen (secondary N) is 1. The average Bonchev–Trinajstić information content (AvgIpc) is 2.48. The molecule has 0 fully saturated rings. The largest absolute Gasteiger partial charge is 0.309 e. The normalized spacial score (nSPS) is 10.7. The molecule has 19 heavy (non-hydrogen) atoms. The zero-order chi connectivity index (χ0) is 12.9. The number of hydrogen-bond donors (Lipinski definition) is 1. The summed E-state index contributed by atoms with van der Waals surface area (Å²) >= 11 is 0. The topological polar surface area (TPSA) is 37.8 Å². The van der Waals surface area contributed by atoms with E-state index in [1.165, 1.54) is 16.5 Å². The molecular formula is C16H15N3. The smallest absolute Gasteiger partial charge is 0.0702 e. The maximum absolute atomic E-state index is 4.32. The number of pyridine rings is 2. The second kappa shape index (κ2) is 5.59. The Labute approximate surface area is 112 Å². The van der Waals surface area contributed by atoms with Gasteiger partial charge in [0, 0.05) is 37.1 Å². The SMILES string of the molecule is c1cnc2ccc(CNCc3ccncc3)cc2c1. The molecule has 3 rings (SSSR count). The minimum Gasteiger partial charge on any atom is -0.309 e. The average molecular weight is 249 g/mol. The highest BCUT2D eigenvalue weighted by atomic mass is 14.8. The first kappa shape index (κ1) is 11.8. The van der Waals surface area contributed by atoms with Gasteiger partial charge in [0.05, 0.1) is 5.52 Å². The third-order valence-corrected chi connectivity index (χ3v) is 3.08. The van der Waals surface area contributed by atoms with Crippen molar-refractivity contribution in [2.75, 3.05) is 0 Å². The number of hydrogen-bond acceptors (Lipinski definition) is 3. The van der Waals surface area contributed by atoms with Gasteiger partial charge in [0.1, 0.15) is 0 Å². The van der Waals surface area contributed by atoms with Crippen LogP contribution in [0.4, 0.5) is 0 Å². The lowest BCUT2D eigenvalue weighted by Crippen LogP contribution is -2.12. The van der Waals surface area contributed by atoms with Crippen LogP contribution in [0.5, 0.6) is 0 Å². The van der Waals surface area contributed by atoms with Crippen molar-refractivity contribution in [3.63, 3.8) is 0 Å². The summed E-state index contributed by atoms with van der Waals surface area (Å²) in [6.07, 6.45) is 5.46. The highest BCUT2D eigenvalue weighted by molar-refractivity contribution is 5.78. The van der Waals surface area contributed by atoms with Gasteiger partial charge in [0.2, 0.25) is 0 Å². The molecule has 0 bridgehead atoms. The Morgan fingerprint density at radius 1 is 0.842 bits per heavy atom. The number of aromatic nitrogens is 2. The number of benzene rings is 1. The molecule has 0 aliphatic heterocycles. The second-order valence-electron chi connectivity index (χ2n) is 4.49. The van der Waals surface area contributed by atoms with Crippen molar-refractivity contribution in [1.29, 1.82) is 0 Å². The molecule has 2 heterocycles. The van der Waals surface area contributed by atoms with Gasteiger partial charge in [0.15, 0.2) is 0 Å². The van der Waals surface area contributed by atoms with E-state index >= 15 is 0 Å². The van der Waals surface area contributed by atoms with Gasteiger partial charge < -0.3 is 5.32 Å². The molecule has 1 N–H and O–H groups in total. The number of rotatable bonds is 4. The van der Waals surface area contributed by atoms with Crippen LogP contribution in [-0.4, -0.2) is 9.97 Å². The van der Waals surface area contributed by atoms with Crippen molar-refractivity contribution < 1.29 is 0 Å². The fourth-order valence-corrected chi connectivity index (χ4v) is 2.09. The molecule has 0 amide bonds. The number of fused-ring (bicyclic) bond motifs is 1. The molecule has 0 spiro atoms. The van der Waals surface area contributed by atoms with E-state index in [2.05, 4.69) is 39.6 Å². The first-order valence-corrected chi connectivity index (χ1v) is 6.35. The lowest BCUT2D eigenvalue weighted by atomic mass is 10.1. The Morgan fingerprint density at radius 3 is 2.58 bits per heavy atom. The highest BCUT2D eigenvalue weighted by Gasteiger charge is 1.97. The summed E-state index contributed by atoms with van der Waals surface area (Å²) in [5, 5.41) is 4.62. The molecule has 0 unspecified atom stereocenters. The van der Waals surface area contributed by atoms with Crippen LogP contribution < -0.4 is 5.32 Å². The highest BCUT2D eigenvalue weighted by Crippen LogP contribution is 2.13. The fourth-order valence-electron chi connectivity index (χ4n) is 2.09. The molecule has 1 aromatic carbocycles. The van der Waals surface area contributed by atoms with Crippen LogP contribution in [0.1, 0.15) is 11.1 Å². The quantitative estimate of drug-likeness (QED) is 0.772. The summed E-state index contributed by atoms with van der Waals surface area (Å²) in [4.78, 5) is 8.33. The third kappa shape index (κ3) is 2.95. The fraction of sp³-hybridized carbons (Fsp3) is 0.125. The van der Waals surface area contributed by atoms with Gasteiger partial charge in [0.25, 0.3) is 0 Å². The van der Waals surface area contributed by atoms with Gasteiger partial charge in [-0.1, -0.05) is 12.1 Å². The second-order valence-corrected chi connectivity index (χ2v) is 4.49. The van der Waals surface area contributed by atoms with E-state index in [1.807, 2.05) is 36.8 Å². The summed E-state index contributed by atoms with van der Waals surface area (Å²) in [6, 6.07) is 14.5. The van der Waals surface area contributed by atoms with E-state index in [0.29, 0.717) is 0 Å². The Bertz CT molecular complexity index is 665. The summed E-state index contributed by atoms with van der Waals surface area (Å²) in [5.74, 6) is 0. The van der Waals surface area contributed by atoms with Gasteiger partial charge in [-0.15, -0.1) is 0 Å². The van der Waals surface area contributed by atoms with Gasteiger partial charge >= 0.3 is 0 Å². The molecule has 0 radical (unpaired) electrons. The van der Waals surface area contributed by atoms with Gasteiger partial charge in [-0.2, -0.15) is 0 Å². The van der Waals surface area contributed by atoms with E-state index in [-0.39, 0.29) is 0 Å². The van der Waals surface area contributed by atoms with Crippen LogP contribution in [0.3, 0.4) is 0 Å². The maximum Gasteiger partial charge on any atom is 0.0702 e. The van der Waals surface area contributed by atoms with E-state index in [9.17, 15) is 0 Å². The lowest BCUT2D eigenvalue weighted by molar-refractivity contribution is 0.693. The predicted molar refractivity (Wildman–Crippen MR) is 76.5 cm³/mol. The van der Waals surface area contributed by atoms with Crippen molar-refractivity contribution in [2.24, 2.45) is 0 Å². The summed E-state index contributed by atoms with van der Waals surface area (Å²) < 4.78 is 0. The molecule has 3 heteroatoms. The van der Waals surface area contributed by atoms with Crippen LogP contribution >= 0.6 is 0 Å². The third-order valence-electron chi connectivity index (χ3n) is 3.08. The zero-order valence-electron chi connectivity index (χ0n) is 10.6. The first-order valence-electron chi connectivity index (χ1n) is 6.35. The van der Waals surface area contributed by atoms with Crippen molar-refractivity contribution in [3.05, 3.63) is 72.2 Å². The maximum atomic E-state index is 4.32. The summed E-state index contributed by atoms with van der Waals surface area (Å²) in [7, 11) is 0. The first-order chi connectivity index (χ1) is 9.42. The molecule has 94 valence electrons. The van der Waals surface area contributed by atoms with Crippen molar-refractivity contribution in [2.45, 2.75) is 13.1 Å². The van der Waals surface area contributed by atoms with Gasteiger partial charge in [-0.25, -0.2) is 0 Å². The summed E-state index contributed by atoms with van der Waals surface area (Å²) in [5.41, 5.74) is 3.56. The molecule has 0 saturated heterocycles. The van der Waals surface area contributed by atoms with E-state index in [0.717, 1.165) is 18.6 Å². The number of nitrogens with zero attached hydrogens (tertiary/aromatic N) is 2. The Morgan fingerprint density at radius 2 is 1.68 bits per heavy atom. The van der Waals surface area contributed by atoms with Crippen LogP contribution in [-0.2, 0) is 13.1 Å². The molecule has 0 saturated carbocycles. The van der Waals surface area contributed by atoms with Crippen molar-refractivity contribution in [3.8, 4) is 0 Å². The molecule has 0 atom stereocenters. The van der Waals surface area contributed by atoms with E-state index in [4.69, 9.17) is 0 Å². The van der Waals surface area contributed by atoms with Crippen molar-refractivity contribution in [1.82, 2.24) is 15.3 Å². The Balaban J connectivity index is 1.65. The molecule has 0 aliphatic rings. The minimum atomic E-state index is 0.854. The summed E-state index contributed by atoms with van der Waals surface area (Å²) in [6.45, 7) is 1.71. The minimum absolute atomic E-state index is 0.854. The van der Waals surface area contributed by atoms with Crippen LogP contribution in [0.15, 0.2) is 61.1 Å². The zero-order valence-corrected chi connectivity index (χ0v) is 10.6. The van der Waals surface area contributed by atoms with Crippen molar-refractivity contribution >= 4 is 10.9 Å². The molecule has 0 aliphatic carbocycles. The Kier molecular flexibility index (Phi) is 3.47. The Hall–Kier alpha value is -2.26. The van der Waals surface area contributed by atoms with Crippen LogP contribution in [0, 0.1) is 0 Å². The van der Waals surface area contributed by atoms with Gasteiger partial charge in [-0.3, -0.25) is 9.97 Å².